The number of halogens is 3. The molecule has 0 unspecified atom stereocenters. The molecule has 1 amide bonds. The molecule has 1 saturated heterocycles. The number of alkyl halides is 3. The van der Waals surface area contributed by atoms with Crippen LogP contribution in [-0.2, 0) is 14.8 Å². The van der Waals surface area contributed by atoms with E-state index in [2.05, 4.69) is 0 Å². The summed E-state index contributed by atoms with van der Waals surface area (Å²) in [6, 6.07) is 3.27. The molecule has 0 aromatic heterocycles. The highest BCUT2D eigenvalue weighted by molar-refractivity contribution is 7.89. The lowest BCUT2D eigenvalue weighted by Crippen LogP contribution is -2.40. The number of carbonyl (C=O) groups is 2. The van der Waals surface area contributed by atoms with Crippen molar-refractivity contribution >= 4 is 21.9 Å². The van der Waals surface area contributed by atoms with Gasteiger partial charge >= 0.3 is 12.1 Å². The molecule has 1 aromatic carbocycles. The fourth-order valence-corrected chi connectivity index (χ4v) is 4.19. The lowest BCUT2D eigenvalue weighted by molar-refractivity contribution is -0.140. The molecular formula is C14H15F3N2O5S. The van der Waals surface area contributed by atoms with Crippen LogP contribution < -0.4 is 5.32 Å². The number of nitrogens with zero attached hydrogens (tertiary/aromatic N) is 1. The minimum Gasteiger partial charge on any atom is -0.480 e. The Bertz CT molecular complexity index is 779. The van der Waals surface area contributed by atoms with E-state index in [0.29, 0.717) is 6.42 Å². The average molecular weight is 380 g/mol. The third-order valence-corrected chi connectivity index (χ3v) is 5.55. The van der Waals surface area contributed by atoms with E-state index in [-0.39, 0.29) is 23.4 Å². The first-order chi connectivity index (χ1) is 11.5. The summed E-state index contributed by atoms with van der Waals surface area (Å²) in [7, 11) is -4.18. The van der Waals surface area contributed by atoms with Crippen LogP contribution in [0.1, 0.15) is 23.2 Å². The first-order valence-corrected chi connectivity index (χ1v) is 8.66. The van der Waals surface area contributed by atoms with Crippen molar-refractivity contribution in [2.24, 2.45) is 0 Å². The van der Waals surface area contributed by atoms with Gasteiger partial charge in [-0.15, -0.1) is 0 Å². The van der Waals surface area contributed by atoms with Gasteiger partial charge < -0.3 is 10.4 Å². The summed E-state index contributed by atoms with van der Waals surface area (Å²) in [5.74, 6) is -2.36. The lowest BCUT2D eigenvalue weighted by atomic mass is 10.2. The minimum atomic E-state index is -4.59. The maximum absolute atomic E-state index is 12.6. The number of rotatable bonds is 5. The van der Waals surface area contributed by atoms with Gasteiger partial charge in [-0.3, -0.25) is 9.59 Å². The first kappa shape index (κ1) is 19.2. The van der Waals surface area contributed by atoms with Crippen molar-refractivity contribution < 1.29 is 36.3 Å². The SMILES string of the molecule is O=C(NCC(F)(F)F)c1cccc(S(=O)(=O)N2CCC[C@@H]2C(=O)O)c1. The molecule has 138 valence electrons. The third kappa shape index (κ3) is 4.48. The lowest BCUT2D eigenvalue weighted by Gasteiger charge is -2.21. The van der Waals surface area contributed by atoms with Crippen molar-refractivity contribution in [3.63, 3.8) is 0 Å². The van der Waals surface area contributed by atoms with Gasteiger partial charge in [0.2, 0.25) is 10.0 Å². The fraction of sp³-hybridized carbons (Fsp3) is 0.429. The van der Waals surface area contributed by atoms with Crippen molar-refractivity contribution in [1.29, 1.82) is 0 Å². The predicted molar refractivity (Wildman–Crippen MR) is 79.4 cm³/mol. The molecular weight excluding hydrogens is 365 g/mol. The van der Waals surface area contributed by atoms with Gasteiger partial charge in [-0.1, -0.05) is 6.07 Å². The van der Waals surface area contributed by atoms with E-state index in [1.807, 2.05) is 0 Å². The largest absolute Gasteiger partial charge is 0.480 e. The molecule has 2 N–H and O–H groups in total. The first-order valence-electron chi connectivity index (χ1n) is 7.22. The van der Waals surface area contributed by atoms with Gasteiger partial charge in [-0.05, 0) is 31.0 Å². The van der Waals surface area contributed by atoms with Crippen LogP contribution in [0, 0.1) is 0 Å². The third-order valence-electron chi connectivity index (χ3n) is 3.64. The maximum Gasteiger partial charge on any atom is 0.405 e. The van der Waals surface area contributed by atoms with Crippen LogP contribution in [0.25, 0.3) is 0 Å². The van der Waals surface area contributed by atoms with Gasteiger partial charge in [0, 0.05) is 12.1 Å². The zero-order valence-corrected chi connectivity index (χ0v) is 13.6. The molecule has 11 heteroatoms. The van der Waals surface area contributed by atoms with Crippen LogP contribution in [0.2, 0.25) is 0 Å². The Morgan fingerprint density at radius 3 is 2.60 bits per heavy atom. The highest BCUT2D eigenvalue weighted by atomic mass is 32.2. The molecule has 1 atom stereocenters. The molecule has 0 spiro atoms. The minimum absolute atomic E-state index is 0.0177. The Morgan fingerprint density at radius 2 is 2.00 bits per heavy atom. The quantitative estimate of drug-likeness (QED) is 0.799. The number of sulfonamides is 1. The Hall–Kier alpha value is -2.14. The summed E-state index contributed by atoms with van der Waals surface area (Å²) in [5.41, 5.74) is -0.267. The second-order valence-corrected chi connectivity index (χ2v) is 7.33. The summed E-state index contributed by atoms with van der Waals surface area (Å²) in [4.78, 5) is 22.6. The monoisotopic (exact) mass is 380 g/mol. The summed E-state index contributed by atoms with van der Waals surface area (Å²) in [6.45, 7) is -1.53. The average Bonchev–Trinajstić information content (AvgIpc) is 3.02. The summed E-state index contributed by atoms with van der Waals surface area (Å²) in [6.07, 6.45) is -4.05. The number of hydrogen-bond donors (Lipinski definition) is 2. The number of carbonyl (C=O) groups excluding carboxylic acids is 1. The molecule has 0 radical (unpaired) electrons. The van der Waals surface area contributed by atoms with E-state index in [9.17, 15) is 31.2 Å². The zero-order valence-electron chi connectivity index (χ0n) is 12.8. The molecule has 1 heterocycles. The Labute approximate surface area is 141 Å². The van der Waals surface area contributed by atoms with Crippen molar-refractivity contribution in [2.45, 2.75) is 30.0 Å². The number of aliphatic carboxylic acids is 1. The molecule has 0 saturated carbocycles. The van der Waals surface area contributed by atoms with E-state index in [0.717, 1.165) is 16.4 Å². The van der Waals surface area contributed by atoms with Crippen LogP contribution >= 0.6 is 0 Å². The van der Waals surface area contributed by atoms with Crippen LogP contribution in [0.3, 0.4) is 0 Å². The topological polar surface area (TPSA) is 104 Å². The van der Waals surface area contributed by atoms with Crippen LogP contribution in [-0.4, -0.2) is 55.0 Å². The van der Waals surface area contributed by atoms with E-state index < -0.39 is 40.7 Å². The zero-order chi connectivity index (χ0) is 18.8. The second kappa shape index (κ2) is 7.00. The fourth-order valence-electron chi connectivity index (χ4n) is 2.49. The second-order valence-electron chi connectivity index (χ2n) is 5.44. The Morgan fingerprint density at radius 1 is 1.32 bits per heavy atom. The molecule has 25 heavy (non-hydrogen) atoms. The molecule has 1 aliphatic heterocycles. The smallest absolute Gasteiger partial charge is 0.405 e. The number of carboxylic acid groups (broad SMARTS) is 1. The molecule has 1 fully saturated rings. The highest BCUT2D eigenvalue weighted by Crippen LogP contribution is 2.26. The molecule has 0 aliphatic carbocycles. The highest BCUT2D eigenvalue weighted by Gasteiger charge is 2.39. The van der Waals surface area contributed by atoms with E-state index in [1.54, 1.807) is 5.32 Å². The standard InChI is InChI=1S/C14H15F3N2O5S/c15-14(16,17)8-18-12(20)9-3-1-4-10(7-9)25(23,24)19-6-2-5-11(19)13(21)22/h1,3-4,7,11H,2,5-6,8H2,(H,18,20)(H,21,22)/t11-/m1/s1. The number of hydrogen-bond acceptors (Lipinski definition) is 4. The van der Waals surface area contributed by atoms with Crippen molar-refractivity contribution in [3.05, 3.63) is 29.8 Å². The number of benzene rings is 1. The van der Waals surface area contributed by atoms with Crippen molar-refractivity contribution in [1.82, 2.24) is 9.62 Å². The van der Waals surface area contributed by atoms with Gasteiger partial charge in [0.25, 0.3) is 5.91 Å². The van der Waals surface area contributed by atoms with Gasteiger partial charge in [-0.25, -0.2) is 8.42 Å². The van der Waals surface area contributed by atoms with E-state index in [4.69, 9.17) is 5.11 Å². The van der Waals surface area contributed by atoms with Crippen LogP contribution in [0.4, 0.5) is 13.2 Å². The number of amides is 1. The molecule has 7 nitrogen and oxygen atoms in total. The van der Waals surface area contributed by atoms with Gasteiger partial charge in [-0.2, -0.15) is 17.5 Å². The van der Waals surface area contributed by atoms with Crippen LogP contribution in [0.15, 0.2) is 29.2 Å². The van der Waals surface area contributed by atoms with E-state index in [1.165, 1.54) is 12.1 Å². The van der Waals surface area contributed by atoms with Gasteiger partial charge in [0.05, 0.1) is 4.90 Å². The molecule has 1 aliphatic rings. The Kier molecular flexibility index (Phi) is 5.37. The molecule has 1 aromatic rings. The van der Waals surface area contributed by atoms with E-state index >= 15 is 0 Å². The molecule has 2 rings (SSSR count). The van der Waals surface area contributed by atoms with Crippen LogP contribution in [0.5, 0.6) is 0 Å². The summed E-state index contributed by atoms with van der Waals surface area (Å²) < 4.78 is 62.5. The number of nitrogens with one attached hydrogen (secondary N) is 1. The van der Waals surface area contributed by atoms with Crippen molar-refractivity contribution in [2.75, 3.05) is 13.1 Å². The summed E-state index contributed by atoms with van der Waals surface area (Å²) in [5, 5.41) is 10.8. The van der Waals surface area contributed by atoms with Gasteiger partial charge in [0.15, 0.2) is 0 Å². The number of carboxylic acids is 1. The predicted octanol–water partition coefficient (Wildman–Crippen LogP) is 1.22. The normalized spacial score (nSPS) is 18.9. The summed E-state index contributed by atoms with van der Waals surface area (Å²) >= 11 is 0. The van der Waals surface area contributed by atoms with Gasteiger partial charge in [0.1, 0.15) is 12.6 Å². The molecule has 0 bridgehead atoms. The van der Waals surface area contributed by atoms with Crippen molar-refractivity contribution in [3.8, 4) is 0 Å². The Balaban J connectivity index is 2.25. The maximum atomic E-state index is 12.6.